The molecule has 3 aromatic rings. The number of hydrogen-bond donors (Lipinski definition) is 1. The molecule has 3 aromatic carbocycles. The normalized spacial score (nSPS) is 14.9. The van der Waals surface area contributed by atoms with Gasteiger partial charge < -0.3 is 9.64 Å². The first-order valence-corrected chi connectivity index (χ1v) is 12.3. The van der Waals surface area contributed by atoms with Gasteiger partial charge in [-0.2, -0.15) is 0 Å². The summed E-state index contributed by atoms with van der Waals surface area (Å²) in [6.45, 7) is 4.78. The van der Waals surface area contributed by atoms with Gasteiger partial charge in [-0.1, -0.05) is 41.9 Å². The summed E-state index contributed by atoms with van der Waals surface area (Å²) in [4.78, 5) is 4.82. The minimum Gasteiger partial charge on any atom is -0.495 e. The SMILES string of the molecule is COc1ccc(Cl)cc1S(=O)(=O)Nc1ccc(CN2CCN(c3ccccc3)CC2)cc1. The standard InChI is InChI=1S/C24H26ClN3O3S/c1-31-23-12-9-20(25)17-24(23)32(29,30)26-21-10-7-19(8-11-21)18-27-13-15-28(16-14-27)22-5-3-2-4-6-22/h2-12,17,26H,13-16,18H2,1H3. The van der Waals surface area contributed by atoms with Gasteiger partial charge >= 0.3 is 0 Å². The van der Waals surface area contributed by atoms with Crippen molar-refractivity contribution >= 4 is 33.0 Å². The Morgan fingerprint density at radius 3 is 2.28 bits per heavy atom. The second kappa shape index (κ2) is 9.81. The summed E-state index contributed by atoms with van der Waals surface area (Å²) in [7, 11) is -2.40. The van der Waals surface area contributed by atoms with E-state index in [0.29, 0.717) is 10.7 Å². The Morgan fingerprint density at radius 2 is 1.62 bits per heavy atom. The Balaban J connectivity index is 1.36. The highest BCUT2D eigenvalue weighted by Gasteiger charge is 2.21. The lowest BCUT2D eigenvalue weighted by Crippen LogP contribution is -2.45. The van der Waals surface area contributed by atoms with Gasteiger partial charge in [0.15, 0.2) is 0 Å². The van der Waals surface area contributed by atoms with Crippen molar-refractivity contribution in [1.29, 1.82) is 0 Å². The summed E-state index contributed by atoms with van der Waals surface area (Å²) in [6, 6.07) is 22.5. The monoisotopic (exact) mass is 471 g/mol. The minimum absolute atomic E-state index is 0.00728. The highest BCUT2D eigenvalue weighted by Crippen LogP contribution is 2.29. The summed E-state index contributed by atoms with van der Waals surface area (Å²) in [5.41, 5.74) is 2.89. The molecule has 1 fully saturated rings. The van der Waals surface area contributed by atoms with Crippen LogP contribution < -0.4 is 14.4 Å². The molecule has 32 heavy (non-hydrogen) atoms. The van der Waals surface area contributed by atoms with Gasteiger partial charge in [-0.05, 0) is 48.0 Å². The highest BCUT2D eigenvalue weighted by molar-refractivity contribution is 7.92. The van der Waals surface area contributed by atoms with Gasteiger partial charge in [0.25, 0.3) is 10.0 Å². The van der Waals surface area contributed by atoms with E-state index in [2.05, 4.69) is 38.8 Å². The third-order valence-electron chi connectivity index (χ3n) is 5.52. The van der Waals surface area contributed by atoms with Crippen LogP contribution >= 0.6 is 11.6 Å². The molecule has 0 unspecified atom stereocenters. The van der Waals surface area contributed by atoms with Gasteiger partial charge in [-0.25, -0.2) is 8.42 Å². The molecule has 1 heterocycles. The zero-order chi connectivity index (χ0) is 22.6. The topological polar surface area (TPSA) is 61.9 Å². The molecular weight excluding hydrogens is 446 g/mol. The lowest BCUT2D eigenvalue weighted by atomic mass is 10.1. The number of methoxy groups -OCH3 is 1. The summed E-state index contributed by atoms with van der Waals surface area (Å²) in [5, 5.41) is 0.328. The first kappa shape index (κ1) is 22.5. The molecule has 0 amide bonds. The molecule has 0 saturated carbocycles. The smallest absolute Gasteiger partial charge is 0.265 e. The van der Waals surface area contributed by atoms with Crippen molar-refractivity contribution in [3.05, 3.63) is 83.4 Å². The molecule has 168 valence electrons. The van der Waals surface area contributed by atoms with Gasteiger partial charge in [-0.3, -0.25) is 9.62 Å². The predicted octanol–water partition coefficient (Wildman–Crippen LogP) is 4.47. The number of ether oxygens (including phenoxy) is 1. The molecule has 0 spiro atoms. The van der Waals surface area contributed by atoms with E-state index in [0.717, 1.165) is 38.3 Å². The van der Waals surface area contributed by atoms with Gasteiger partial charge in [-0.15, -0.1) is 0 Å². The van der Waals surface area contributed by atoms with Crippen molar-refractivity contribution in [1.82, 2.24) is 4.90 Å². The highest BCUT2D eigenvalue weighted by atomic mass is 35.5. The second-order valence-corrected chi connectivity index (χ2v) is 9.78. The van der Waals surface area contributed by atoms with Crippen LogP contribution in [-0.4, -0.2) is 46.6 Å². The average Bonchev–Trinajstić information content (AvgIpc) is 2.81. The lowest BCUT2D eigenvalue weighted by Gasteiger charge is -2.36. The van der Waals surface area contributed by atoms with Crippen LogP contribution in [0.2, 0.25) is 5.02 Å². The molecule has 0 atom stereocenters. The molecule has 0 aromatic heterocycles. The fourth-order valence-electron chi connectivity index (χ4n) is 3.81. The maximum atomic E-state index is 12.8. The Hall–Kier alpha value is -2.74. The van der Waals surface area contributed by atoms with E-state index in [-0.39, 0.29) is 10.6 Å². The van der Waals surface area contributed by atoms with Crippen molar-refractivity contribution in [2.45, 2.75) is 11.4 Å². The maximum Gasteiger partial charge on any atom is 0.265 e. The van der Waals surface area contributed by atoms with Gasteiger partial charge in [0, 0.05) is 49.1 Å². The third kappa shape index (κ3) is 5.35. The van der Waals surface area contributed by atoms with E-state index in [1.807, 2.05) is 18.2 Å². The second-order valence-electron chi connectivity index (χ2n) is 7.70. The zero-order valence-corrected chi connectivity index (χ0v) is 19.4. The Labute approximate surface area is 194 Å². The van der Waals surface area contributed by atoms with Crippen molar-refractivity contribution in [3.8, 4) is 5.75 Å². The largest absolute Gasteiger partial charge is 0.495 e. The van der Waals surface area contributed by atoms with Crippen LogP contribution in [0.25, 0.3) is 0 Å². The summed E-state index contributed by atoms with van der Waals surface area (Å²) >= 11 is 5.98. The third-order valence-corrected chi connectivity index (χ3v) is 7.16. The van der Waals surface area contributed by atoms with Crippen LogP contribution in [0.4, 0.5) is 11.4 Å². The molecule has 1 aliphatic heterocycles. The quantitative estimate of drug-likeness (QED) is 0.550. The molecule has 4 rings (SSSR count). The molecule has 1 aliphatic rings. The fourth-order valence-corrected chi connectivity index (χ4v) is 5.30. The molecule has 0 aliphatic carbocycles. The van der Waals surface area contributed by atoms with E-state index in [1.54, 1.807) is 18.2 Å². The van der Waals surface area contributed by atoms with Crippen LogP contribution in [0, 0.1) is 0 Å². The van der Waals surface area contributed by atoms with E-state index >= 15 is 0 Å². The molecule has 6 nitrogen and oxygen atoms in total. The van der Waals surface area contributed by atoms with E-state index in [4.69, 9.17) is 16.3 Å². The Kier molecular flexibility index (Phi) is 6.89. The van der Waals surface area contributed by atoms with Crippen molar-refractivity contribution < 1.29 is 13.2 Å². The van der Waals surface area contributed by atoms with Crippen LogP contribution in [0.1, 0.15) is 5.56 Å². The number of nitrogens with one attached hydrogen (secondary N) is 1. The van der Waals surface area contributed by atoms with Crippen molar-refractivity contribution in [2.75, 3.05) is 42.9 Å². The van der Waals surface area contributed by atoms with Crippen molar-refractivity contribution in [2.24, 2.45) is 0 Å². The van der Waals surface area contributed by atoms with E-state index in [9.17, 15) is 8.42 Å². The summed E-state index contributed by atoms with van der Waals surface area (Å²) in [5.74, 6) is 0.244. The number of anilines is 2. The molecule has 1 saturated heterocycles. The number of para-hydroxylation sites is 1. The van der Waals surface area contributed by atoms with Gasteiger partial charge in [0.05, 0.1) is 7.11 Å². The number of hydrogen-bond acceptors (Lipinski definition) is 5. The van der Waals surface area contributed by atoms with Crippen LogP contribution in [0.5, 0.6) is 5.75 Å². The lowest BCUT2D eigenvalue weighted by molar-refractivity contribution is 0.250. The van der Waals surface area contributed by atoms with Crippen LogP contribution in [0.3, 0.4) is 0 Å². The number of piperazine rings is 1. The first-order valence-electron chi connectivity index (χ1n) is 10.4. The van der Waals surface area contributed by atoms with E-state index < -0.39 is 10.0 Å². The number of benzene rings is 3. The number of sulfonamides is 1. The van der Waals surface area contributed by atoms with Crippen LogP contribution in [-0.2, 0) is 16.6 Å². The number of nitrogens with zero attached hydrogens (tertiary/aromatic N) is 2. The van der Waals surface area contributed by atoms with Gasteiger partial charge in [0.1, 0.15) is 10.6 Å². The molecule has 0 radical (unpaired) electrons. The summed E-state index contributed by atoms with van der Waals surface area (Å²) < 4.78 is 33.4. The maximum absolute atomic E-state index is 12.8. The number of rotatable bonds is 7. The number of halogens is 1. The molecular formula is C24H26ClN3O3S. The van der Waals surface area contributed by atoms with E-state index in [1.165, 1.54) is 24.9 Å². The first-order chi connectivity index (χ1) is 15.4. The van der Waals surface area contributed by atoms with Crippen molar-refractivity contribution in [3.63, 3.8) is 0 Å². The molecule has 8 heteroatoms. The Bertz CT molecular complexity index is 1150. The van der Waals surface area contributed by atoms with Gasteiger partial charge in [0.2, 0.25) is 0 Å². The zero-order valence-electron chi connectivity index (χ0n) is 17.9. The molecule has 0 bridgehead atoms. The fraction of sp³-hybridized carbons (Fsp3) is 0.250. The average molecular weight is 472 g/mol. The minimum atomic E-state index is -3.83. The molecule has 1 N–H and O–H groups in total. The Morgan fingerprint density at radius 1 is 0.938 bits per heavy atom. The predicted molar refractivity (Wildman–Crippen MR) is 129 cm³/mol. The summed E-state index contributed by atoms with van der Waals surface area (Å²) in [6.07, 6.45) is 0. The van der Waals surface area contributed by atoms with Crippen LogP contribution in [0.15, 0.2) is 77.7 Å².